The number of carbonyl (C=O) groups excluding carboxylic acids is 3. The molecule has 2 aromatic rings. The Morgan fingerprint density at radius 3 is 2.20 bits per heavy atom. The van der Waals surface area contributed by atoms with Crippen LogP contribution in [0.2, 0.25) is 0 Å². The summed E-state index contributed by atoms with van der Waals surface area (Å²) >= 11 is 0. The number of hydrogen-bond donors (Lipinski definition) is 7. The van der Waals surface area contributed by atoms with Crippen molar-refractivity contribution >= 4 is 23.7 Å². The molecular weight excluding hydrogens is 572 g/mol. The molecule has 236 valence electrons. The van der Waals surface area contributed by atoms with Gasteiger partial charge in [-0.2, -0.15) is 0 Å². The first-order valence-electron chi connectivity index (χ1n) is 14.4. The third kappa shape index (κ3) is 6.33. The number of aliphatic hydroxyl groups is 1. The van der Waals surface area contributed by atoms with Crippen LogP contribution in [0.15, 0.2) is 47.7 Å². The number of phenols is 3. The quantitative estimate of drug-likeness (QED) is 0.0981. The second kappa shape index (κ2) is 13.3. The van der Waals surface area contributed by atoms with Gasteiger partial charge >= 0.3 is 5.97 Å². The topological polar surface area (TPSA) is 200 Å². The van der Waals surface area contributed by atoms with Crippen molar-refractivity contribution in [3.05, 3.63) is 64.4 Å². The fourth-order valence-electron chi connectivity index (χ4n) is 5.94. The van der Waals surface area contributed by atoms with Gasteiger partial charge in [0, 0.05) is 38.6 Å². The Morgan fingerprint density at radius 1 is 0.955 bits per heavy atom. The number of carboxylic acids is 1. The molecule has 13 nitrogen and oxygen atoms in total. The first-order valence-corrected chi connectivity index (χ1v) is 14.4. The Hall–Kier alpha value is -4.62. The molecule has 1 saturated heterocycles. The maximum Gasteiger partial charge on any atom is 0.352 e. The molecule has 13 heteroatoms. The number of fused-ring (bicyclic) bond motifs is 1. The zero-order valence-corrected chi connectivity index (χ0v) is 24.8. The predicted molar refractivity (Wildman–Crippen MR) is 158 cm³/mol. The monoisotopic (exact) mass is 610 g/mol. The average Bonchev–Trinajstić information content (AvgIpc) is 3.21. The average molecular weight is 611 g/mol. The lowest BCUT2D eigenvalue weighted by atomic mass is 9.77. The number of carboxylic acid groups (broad SMARTS) is 1. The molecule has 0 aliphatic carbocycles. The molecule has 0 radical (unpaired) electrons. The third-order valence-electron chi connectivity index (χ3n) is 8.30. The van der Waals surface area contributed by atoms with E-state index in [1.807, 2.05) is 11.8 Å². The summed E-state index contributed by atoms with van der Waals surface area (Å²) in [6.45, 7) is 6.13. The van der Waals surface area contributed by atoms with Gasteiger partial charge in [0.25, 0.3) is 11.8 Å². The molecule has 2 aliphatic rings. The zero-order chi connectivity index (χ0) is 32.3. The number of hydrogen-bond acceptors (Lipinski definition) is 9. The lowest BCUT2D eigenvalue weighted by Crippen LogP contribution is -2.63. The van der Waals surface area contributed by atoms with E-state index in [1.54, 1.807) is 19.1 Å². The van der Waals surface area contributed by atoms with Gasteiger partial charge in [0.1, 0.15) is 11.4 Å². The van der Waals surface area contributed by atoms with E-state index >= 15 is 0 Å². The smallest absolute Gasteiger partial charge is 0.352 e. The minimum atomic E-state index is -1.25. The van der Waals surface area contributed by atoms with Gasteiger partial charge in [-0.15, -0.1) is 0 Å². The molecule has 7 N–H and O–H groups in total. The molecular formula is C31H38N4O9. The van der Waals surface area contributed by atoms with Gasteiger partial charge in [0.2, 0.25) is 5.91 Å². The number of para-hydroxylation sites is 2. The normalized spacial score (nSPS) is 19.9. The Bertz CT molecular complexity index is 1490. The van der Waals surface area contributed by atoms with E-state index in [9.17, 15) is 44.7 Å². The van der Waals surface area contributed by atoms with Crippen molar-refractivity contribution in [1.29, 1.82) is 0 Å². The molecule has 0 aromatic heterocycles. The summed E-state index contributed by atoms with van der Waals surface area (Å²) in [5, 5.41) is 55.6. The summed E-state index contributed by atoms with van der Waals surface area (Å²) in [6, 6.07) is 8.44. The Kier molecular flexibility index (Phi) is 9.80. The lowest BCUT2D eigenvalue weighted by molar-refractivity contribution is -0.163. The molecule has 44 heavy (non-hydrogen) atoms. The van der Waals surface area contributed by atoms with Crippen molar-refractivity contribution in [3.63, 3.8) is 0 Å². The minimum Gasteiger partial charge on any atom is -0.507 e. The van der Waals surface area contributed by atoms with Gasteiger partial charge in [0.15, 0.2) is 11.5 Å². The highest BCUT2D eigenvalue weighted by Crippen LogP contribution is 2.47. The second-order valence-corrected chi connectivity index (χ2v) is 11.2. The summed E-state index contributed by atoms with van der Waals surface area (Å²) in [7, 11) is 0. The maximum atomic E-state index is 12.8. The number of amides is 3. The number of rotatable bonds is 13. The van der Waals surface area contributed by atoms with E-state index in [4.69, 9.17) is 0 Å². The minimum absolute atomic E-state index is 0.0989. The molecule has 4 rings (SSSR count). The van der Waals surface area contributed by atoms with Gasteiger partial charge in [0.05, 0.1) is 29.2 Å². The van der Waals surface area contributed by atoms with E-state index in [0.717, 1.165) is 0 Å². The first kappa shape index (κ1) is 32.3. The number of nitrogens with one attached hydrogen (secondary N) is 2. The number of nitrogens with zero attached hydrogens (tertiary/aromatic N) is 2. The summed E-state index contributed by atoms with van der Waals surface area (Å²) in [5.41, 5.74) is 1.03. The van der Waals surface area contributed by atoms with Crippen molar-refractivity contribution in [1.82, 2.24) is 20.4 Å². The molecule has 0 saturated carbocycles. The highest BCUT2D eigenvalue weighted by Gasteiger charge is 2.59. The predicted octanol–water partition coefficient (Wildman–Crippen LogP) is 1.16. The largest absolute Gasteiger partial charge is 0.507 e. The fraction of sp³-hybridized carbons (Fsp3) is 0.419. The molecule has 4 atom stereocenters. The third-order valence-corrected chi connectivity index (χ3v) is 8.30. The van der Waals surface area contributed by atoms with Crippen LogP contribution in [0.4, 0.5) is 0 Å². The Balaban J connectivity index is 1.46. The zero-order valence-electron chi connectivity index (χ0n) is 24.8. The van der Waals surface area contributed by atoms with Crippen LogP contribution in [0, 0.1) is 18.8 Å². The number of β-lactam (4-membered cyclic amide) rings is 1. The van der Waals surface area contributed by atoms with E-state index in [1.165, 1.54) is 36.1 Å². The Labute approximate surface area is 254 Å². The number of benzene rings is 2. The molecule has 1 fully saturated rings. The van der Waals surface area contributed by atoms with Crippen LogP contribution in [0.3, 0.4) is 0 Å². The summed E-state index contributed by atoms with van der Waals surface area (Å²) < 4.78 is 0. The number of phenolic OH excluding ortho intramolecular Hbond substituents is 3. The molecule has 0 bridgehead atoms. The number of aliphatic hydroxyl groups excluding tert-OH is 1. The standard InChI is InChI=1S/C31H38N4O9/c1-16-7-4-8-19(26(16)38)28(40)32-11-6-13-34(14-12-33-29(41)20-9-5-10-22(37)27(20)39)15-21-17(2)24-23(18(3)36)30(42)35(24)25(21)31(43)44/h4-5,7-10,17-18,23-24,36-39H,6,11-15H2,1-3H3,(H,32,40)(H,33,41)(H,43,44)/t17-,18+,23+,24+/m0/s1. The number of aryl methyl sites for hydroxylation is 1. The van der Waals surface area contributed by atoms with Crippen molar-refractivity contribution < 1.29 is 44.7 Å². The summed E-state index contributed by atoms with van der Waals surface area (Å²) in [6.07, 6.45) is -0.497. The maximum absolute atomic E-state index is 12.8. The van der Waals surface area contributed by atoms with E-state index in [-0.39, 0.29) is 54.7 Å². The highest BCUT2D eigenvalue weighted by molar-refractivity contribution is 6.00. The summed E-state index contributed by atoms with van der Waals surface area (Å²) in [4.78, 5) is 53.5. The van der Waals surface area contributed by atoms with Crippen molar-refractivity contribution in [3.8, 4) is 17.2 Å². The van der Waals surface area contributed by atoms with E-state index in [0.29, 0.717) is 24.1 Å². The van der Waals surface area contributed by atoms with Gasteiger partial charge in [-0.25, -0.2) is 4.79 Å². The highest BCUT2D eigenvalue weighted by atomic mass is 16.4. The SMILES string of the molecule is Cc1cccc(C(=O)NCCCN(CCNC(=O)c2cccc(O)c2O)CC2=C(C(=O)O)N3C(=O)[C@H]([C@@H](C)O)[C@H]3[C@H]2C)c1O. The van der Waals surface area contributed by atoms with E-state index in [2.05, 4.69) is 10.6 Å². The Morgan fingerprint density at radius 2 is 1.57 bits per heavy atom. The molecule has 0 spiro atoms. The van der Waals surface area contributed by atoms with Crippen molar-refractivity contribution in [2.24, 2.45) is 11.8 Å². The number of carbonyl (C=O) groups is 4. The van der Waals surface area contributed by atoms with E-state index < -0.39 is 53.3 Å². The van der Waals surface area contributed by atoms with Gasteiger partial charge in [-0.05, 0) is 49.6 Å². The van der Waals surface area contributed by atoms with Crippen LogP contribution in [0.1, 0.15) is 46.5 Å². The van der Waals surface area contributed by atoms with Crippen LogP contribution in [-0.2, 0) is 9.59 Å². The molecule has 3 amide bonds. The molecule has 2 heterocycles. The molecule has 2 aromatic carbocycles. The first-order chi connectivity index (χ1) is 20.8. The van der Waals surface area contributed by atoms with Crippen molar-refractivity contribution in [2.75, 3.05) is 32.7 Å². The lowest BCUT2D eigenvalue weighted by Gasteiger charge is -2.46. The van der Waals surface area contributed by atoms with Crippen LogP contribution in [-0.4, -0.2) is 104 Å². The van der Waals surface area contributed by atoms with Gasteiger partial charge in [-0.3, -0.25) is 19.3 Å². The van der Waals surface area contributed by atoms with Crippen LogP contribution in [0.25, 0.3) is 0 Å². The fourth-order valence-corrected chi connectivity index (χ4v) is 5.94. The number of aromatic hydroxyl groups is 3. The second-order valence-electron chi connectivity index (χ2n) is 11.2. The van der Waals surface area contributed by atoms with Crippen LogP contribution in [0.5, 0.6) is 17.2 Å². The summed E-state index contributed by atoms with van der Waals surface area (Å²) in [5.74, 6) is -4.86. The van der Waals surface area contributed by atoms with Crippen LogP contribution >= 0.6 is 0 Å². The number of aliphatic carboxylic acids is 1. The van der Waals surface area contributed by atoms with Gasteiger partial charge in [-0.1, -0.05) is 25.1 Å². The van der Waals surface area contributed by atoms with Gasteiger partial charge < -0.3 is 41.1 Å². The van der Waals surface area contributed by atoms with Crippen molar-refractivity contribution in [2.45, 2.75) is 39.3 Å². The molecule has 2 aliphatic heterocycles. The molecule has 0 unspecified atom stereocenters. The van der Waals surface area contributed by atoms with Crippen LogP contribution < -0.4 is 10.6 Å².